The molecule has 120 valence electrons. The second-order valence-electron chi connectivity index (χ2n) is 5.25. The van der Waals surface area contributed by atoms with Gasteiger partial charge in [0.2, 0.25) is 0 Å². The molecule has 0 atom stereocenters. The van der Waals surface area contributed by atoms with Crippen LogP contribution in [0.1, 0.15) is 58.3 Å². The van der Waals surface area contributed by atoms with Crippen LogP contribution in [0.5, 0.6) is 5.75 Å². The van der Waals surface area contributed by atoms with E-state index in [0.717, 1.165) is 12.8 Å². The maximum atomic E-state index is 10.8. The summed E-state index contributed by atoms with van der Waals surface area (Å²) in [5, 5.41) is 0. The van der Waals surface area contributed by atoms with E-state index in [2.05, 4.69) is 6.92 Å². The minimum Gasteiger partial charge on any atom is -0.744 e. The Hall–Kier alpha value is -0.0700. The first-order chi connectivity index (χ1) is 10.0. The molecule has 0 amide bonds. The zero-order valence-corrected chi connectivity index (χ0v) is 16.5. The maximum absolute atomic E-state index is 10.8. The van der Waals surface area contributed by atoms with Gasteiger partial charge in [0.25, 0.3) is 0 Å². The molecule has 6 heteroatoms. The van der Waals surface area contributed by atoms with Crippen LogP contribution in [0.2, 0.25) is 0 Å². The molecule has 1 aromatic rings. The monoisotopic (exact) mass is 336 g/mol. The van der Waals surface area contributed by atoms with Crippen molar-refractivity contribution in [3.8, 4) is 5.75 Å². The largest absolute Gasteiger partial charge is 1.00 e. The first-order valence-corrected chi connectivity index (χ1v) is 9.13. The van der Waals surface area contributed by atoms with E-state index in [1.165, 1.54) is 62.8 Å². The summed E-state index contributed by atoms with van der Waals surface area (Å²) >= 11 is 0. The van der Waals surface area contributed by atoms with Gasteiger partial charge in [-0.2, -0.15) is 0 Å². The van der Waals surface area contributed by atoms with Crippen LogP contribution in [0.3, 0.4) is 0 Å². The van der Waals surface area contributed by atoms with E-state index in [0.29, 0.717) is 12.4 Å². The van der Waals surface area contributed by atoms with Gasteiger partial charge < -0.3 is 9.29 Å². The van der Waals surface area contributed by atoms with Crippen LogP contribution < -0.4 is 34.3 Å². The summed E-state index contributed by atoms with van der Waals surface area (Å²) in [5.41, 5.74) is 0. The fourth-order valence-corrected chi connectivity index (χ4v) is 2.60. The molecule has 0 unspecified atom stereocenters. The number of unbranched alkanes of at least 4 members (excludes halogenated alkanes) is 7. The second kappa shape index (κ2) is 12.4. The predicted octanol–water partition coefficient (Wildman–Crippen LogP) is 1.11. The summed E-state index contributed by atoms with van der Waals surface area (Å²) in [6.07, 6.45) is 9.94. The molecule has 0 N–H and O–H groups in total. The Labute approximate surface area is 156 Å². The van der Waals surface area contributed by atoms with Crippen LogP contribution in [0.25, 0.3) is 0 Å². The van der Waals surface area contributed by atoms with Gasteiger partial charge in [0.15, 0.2) is 0 Å². The third kappa shape index (κ3) is 9.85. The first kappa shape index (κ1) is 21.9. The molecule has 0 heterocycles. The minimum absolute atomic E-state index is 0. The zero-order valence-electron chi connectivity index (χ0n) is 13.7. The number of hydrogen-bond acceptors (Lipinski definition) is 4. The Kier molecular flexibility index (Phi) is 12.3. The third-order valence-corrected chi connectivity index (χ3v) is 4.23. The van der Waals surface area contributed by atoms with Crippen LogP contribution in [0.15, 0.2) is 29.2 Å². The van der Waals surface area contributed by atoms with E-state index in [4.69, 9.17) is 4.74 Å². The molecule has 0 radical (unpaired) electrons. The van der Waals surface area contributed by atoms with Crippen molar-refractivity contribution < 1.29 is 47.3 Å². The fraction of sp³-hybridized carbons (Fsp3) is 0.625. The summed E-state index contributed by atoms with van der Waals surface area (Å²) < 4.78 is 37.8. The molecule has 0 aromatic heterocycles. The molecule has 0 spiro atoms. The first-order valence-electron chi connectivity index (χ1n) is 7.73. The molecule has 4 nitrogen and oxygen atoms in total. The van der Waals surface area contributed by atoms with E-state index in [-0.39, 0.29) is 34.5 Å². The topological polar surface area (TPSA) is 66.4 Å². The summed E-state index contributed by atoms with van der Waals surface area (Å²) in [5.74, 6) is 0.602. The zero-order chi connectivity index (χ0) is 15.6. The van der Waals surface area contributed by atoms with Gasteiger partial charge in [-0.1, -0.05) is 51.9 Å². The Morgan fingerprint density at radius 2 is 1.41 bits per heavy atom. The van der Waals surface area contributed by atoms with E-state index >= 15 is 0 Å². The number of benzene rings is 1. The SMILES string of the molecule is CCCCCCCCCCOc1ccc(S(=O)(=O)[O-])cc1.[Na+]. The average Bonchev–Trinajstić information content (AvgIpc) is 2.45. The Morgan fingerprint density at radius 3 is 1.91 bits per heavy atom. The minimum atomic E-state index is -4.37. The molecule has 0 saturated heterocycles. The van der Waals surface area contributed by atoms with Crippen molar-refractivity contribution in [1.29, 1.82) is 0 Å². The molecule has 1 aromatic carbocycles. The van der Waals surface area contributed by atoms with Crippen molar-refractivity contribution in [3.63, 3.8) is 0 Å². The van der Waals surface area contributed by atoms with E-state index in [1.807, 2.05) is 0 Å². The Balaban J connectivity index is 0.00000441. The van der Waals surface area contributed by atoms with Crippen LogP contribution >= 0.6 is 0 Å². The van der Waals surface area contributed by atoms with E-state index < -0.39 is 10.1 Å². The predicted molar refractivity (Wildman–Crippen MR) is 82.5 cm³/mol. The van der Waals surface area contributed by atoms with Crippen molar-refractivity contribution in [2.75, 3.05) is 6.61 Å². The molecule has 0 bridgehead atoms. The van der Waals surface area contributed by atoms with Crippen LogP contribution in [0.4, 0.5) is 0 Å². The quantitative estimate of drug-likeness (QED) is 0.345. The van der Waals surface area contributed by atoms with Crippen LogP contribution in [0, 0.1) is 0 Å². The smallest absolute Gasteiger partial charge is 0.744 e. The van der Waals surface area contributed by atoms with E-state index in [9.17, 15) is 13.0 Å². The van der Waals surface area contributed by atoms with Gasteiger partial charge in [-0.25, -0.2) is 8.42 Å². The maximum Gasteiger partial charge on any atom is 1.00 e. The van der Waals surface area contributed by atoms with Gasteiger partial charge in [0, 0.05) is 0 Å². The molecule has 0 aliphatic rings. The van der Waals surface area contributed by atoms with Crippen molar-refractivity contribution >= 4 is 10.1 Å². The van der Waals surface area contributed by atoms with Crippen molar-refractivity contribution in [1.82, 2.24) is 0 Å². The number of hydrogen-bond donors (Lipinski definition) is 0. The molecule has 0 aliphatic heterocycles. The van der Waals surface area contributed by atoms with Crippen LogP contribution in [-0.2, 0) is 10.1 Å². The normalized spacial score (nSPS) is 11.0. The van der Waals surface area contributed by atoms with Gasteiger partial charge in [0.05, 0.1) is 11.5 Å². The number of rotatable bonds is 11. The standard InChI is InChI=1S/C16H26O4S.Na/c1-2-3-4-5-6-7-8-9-14-20-15-10-12-16(13-11-15)21(17,18)19;/h10-13H,2-9,14H2,1H3,(H,17,18,19);/q;+1/p-1. The van der Waals surface area contributed by atoms with Gasteiger partial charge >= 0.3 is 29.6 Å². The van der Waals surface area contributed by atoms with E-state index in [1.54, 1.807) is 0 Å². The van der Waals surface area contributed by atoms with Crippen molar-refractivity contribution in [2.45, 2.75) is 63.2 Å². The summed E-state index contributed by atoms with van der Waals surface area (Å²) in [6, 6.07) is 5.61. The molecular formula is C16H25NaO4S. The van der Waals surface area contributed by atoms with Crippen molar-refractivity contribution in [2.24, 2.45) is 0 Å². The van der Waals surface area contributed by atoms with Gasteiger partial charge in [-0.15, -0.1) is 0 Å². The molecule has 22 heavy (non-hydrogen) atoms. The third-order valence-electron chi connectivity index (χ3n) is 3.38. The fourth-order valence-electron chi connectivity index (χ4n) is 2.13. The summed E-state index contributed by atoms with van der Waals surface area (Å²) in [7, 11) is -4.37. The van der Waals surface area contributed by atoms with Crippen molar-refractivity contribution in [3.05, 3.63) is 24.3 Å². The van der Waals surface area contributed by atoms with Gasteiger partial charge in [0.1, 0.15) is 15.9 Å². The average molecular weight is 336 g/mol. The second-order valence-corrected chi connectivity index (χ2v) is 6.63. The molecular weight excluding hydrogens is 311 g/mol. The summed E-state index contributed by atoms with van der Waals surface area (Å²) in [6.45, 7) is 2.84. The molecule has 1 rings (SSSR count). The number of ether oxygens (including phenoxy) is 1. The van der Waals surface area contributed by atoms with Crippen LogP contribution in [-0.4, -0.2) is 19.6 Å². The Morgan fingerprint density at radius 1 is 0.909 bits per heavy atom. The van der Waals surface area contributed by atoms with Gasteiger partial charge in [-0.05, 0) is 30.7 Å². The summed E-state index contributed by atoms with van der Waals surface area (Å²) in [4.78, 5) is -0.220. The molecule has 0 aliphatic carbocycles. The molecule has 0 fully saturated rings. The molecule has 0 saturated carbocycles. The Bertz CT molecular complexity index is 485. The van der Waals surface area contributed by atoms with Gasteiger partial charge in [-0.3, -0.25) is 0 Å².